The van der Waals surface area contributed by atoms with E-state index in [1.165, 1.54) is 0 Å². The number of para-hydroxylation sites is 1. The predicted molar refractivity (Wildman–Crippen MR) is 168 cm³/mol. The van der Waals surface area contributed by atoms with Crippen molar-refractivity contribution in [3.8, 4) is 11.1 Å². The maximum absolute atomic E-state index is 14.0. The fourth-order valence-corrected chi connectivity index (χ4v) is 5.65. The highest BCUT2D eigenvalue weighted by Gasteiger charge is 2.32. The first-order chi connectivity index (χ1) is 21.2. The molecule has 0 aromatic heterocycles. The Balaban J connectivity index is 1.43. The van der Waals surface area contributed by atoms with Crippen molar-refractivity contribution in [3.05, 3.63) is 89.5 Å². The van der Waals surface area contributed by atoms with E-state index in [1.54, 1.807) is 4.90 Å². The molecule has 3 aromatic rings. The summed E-state index contributed by atoms with van der Waals surface area (Å²) < 4.78 is 5.24. The van der Waals surface area contributed by atoms with Gasteiger partial charge in [-0.25, -0.2) is 4.79 Å². The second-order valence-corrected chi connectivity index (χ2v) is 11.8. The number of carbonyl (C=O) groups excluding carboxylic acids is 4. The highest BCUT2D eigenvalue weighted by atomic mass is 16.5. The molecule has 6 rings (SSSR count). The minimum atomic E-state index is -0.661. The molecule has 3 aliphatic heterocycles. The number of amides is 4. The molecule has 10 heteroatoms. The summed E-state index contributed by atoms with van der Waals surface area (Å²) in [5.74, 6) is -0.949. The quantitative estimate of drug-likeness (QED) is 0.232. The molecule has 3 aromatic carbocycles. The Hall–Kier alpha value is -4.70. The Kier molecular flexibility index (Phi) is 9.59. The molecule has 1 atom stereocenters. The zero-order valence-corrected chi connectivity index (χ0v) is 25.2. The number of hydrogen-bond donors (Lipinski definition) is 4. The standard InChI is InChI=1S/C34H39N5O5/c1-34(2)19-30(40)38-28-16-15-25-7-4-6-10-29(25)39(32(28)42)22-23-11-13-24(14-12-23)27-9-5-3-8-26(27)20-35-33(43)36-21-31(41)44-18-17-37-34/h3-14,28,37H,15-22H2,1-2H3,(H,38,40)(H2,35,36,43)/t28-/m1/s1. The van der Waals surface area contributed by atoms with Crippen molar-refractivity contribution >= 4 is 29.5 Å². The highest BCUT2D eigenvalue weighted by Crippen LogP contribution is 2.30. The van der Waals surface area contributed by atoms with Crippen LogP contribution >= 0.6 is 0 Å². The summed E-state index contributed by atoms with van der Waals surface area (Å²) in [5.41, 5.74) is 5.09. The van der Waals surface area contributed by atoms with Crippen LogP contribution in [-0.2, 0) is 38.6 Å². The molecule has 0 saturated heterocycles. The molecule has 4 amide bonds. The first-order valence-corrected chi connectivity index (χ1v) is 15.0. The van der Waals surface area contributed by atoms with Crippen LogP contribution in [-0.4, -0.2) is 55.1 Å². The Morgan fingerprint density at radius 2 is 1.55 bits per heavy atom. The van der Waals surface area contributed by atoms with Gasteiger partial charge in [-0.15, -0.1) is 0 Å². The van der Waals surface area contributed by atoms with Crippen LogP contribution < -0.4 is 26.2 Å². The van der Waals surface area contributed by atoms with E-state index in [1.807, 2.05) is 86.6 Å². The fourth-order valence-electron chi connectivity index (χ4n) is 5.65. The molecular weight excluding hydrogens is 558 g/mol. The van der Waals surface area contributed by atoms with Gasteiger partial charge in [0.15, 0.2) is 0 Å². The molecule has 10 nitrogen and oxygen atoms in total. The topological polar surface area (TPSA) is 129 Å². The van der Waals surface area contributed by atoms with Crippen LogP contribution in [0.5, 0.6) is 0 Å². The van der Waals surface area contributed by atoms with Crippen molar-refractivity contribution < 1.29 is 23.9 Å². The summed E-state index contributed by atoms with van der Waals surface area (Å²) in [6, 6.07) is 22.5. The van der Waals surface area contributed by atoms with Gasteiger partial charge in [-0.05, 0) is 60.6 Å². The molecule has 0 fully saturated rings. The van der Waals surface area contributed by atoms with Gasteiger partial charge >= 0.3 is 12.0 Å². The van der Waals surface area contributed by atoms with E-state index in [9.17, 15) is 19.2 Å². The smallest absolute Gasteiger partial charge is 0.325 e. The molecule has 4 bridgehead atoms. The molecule has 3 heterocycles. The van der Waals surface area contributed by atoms with Crippen LogP contribution in [0.1, 0.15) is 43.4 Å². The number of nitrogens with zero attached hydrogens (tertiary/aromatic N) is 1. The molecule has 44 heavy (non-hydrogen) atoms. The maximum Gasteiger partial charge on any atom is 0.325 e. The Labute approximate surface area is 257 Å². The monoisotopic (exact) mass is 597 g/mol. The normalized spacial score (nSPS) is 20.0. The average Bonchev–Trinajstić information content (AvgIpc) is 3.13. The van der Waals surface area contributed by atoms with Crippen molar-refractivity contribution in [2.24, 2.45) is 0 Å². The first kappa shape index (κ1) is 30.7. The second kappa shape index (κ2) is 13.7. The fraction of sp³-hybridized carbons (Fsp3) is 0.353. The van der Waals surface area contributed by atoms with Gasteiger partial charge in [-0.2, -0.15) is 0 Å². The number of fused-ring (bicyclic) bond motifs is 16. The number of esters is 1. The number of urea groups is 1. The lowest BCUT2D eigenvalue weighted by atomic mass is 9.98. The van der Waals surface area contributed by atoms with Crippen LogP contribution in [0, 0.1) is 0 Å². The lowest BCUT2D eigenvalue weighted by molar-refractivity contribution is -0.142. The van der Waals surface area contributed by atoms with Crippen LogP contribution in [0.2, 0.25) is 0 Å². The van der Waals surface area contributed by atoms with Crippen molar-refractivity contribution in [2.75, 3.05) is 24.6 Å². The maximum atomic E-state index is 14.0. The number of ether oxygens (including phenoxy) is 1. The molecule has 4 N–H and O–H groups in total. The minimum absolute atomic E-state index is 0.0768. The van der Waals surface area contributed by atoms with E-state index < -0.39 is 23.6 Å². The number of carbonyl (C=O) groups is 4. The third-order valence-electron chi connectivity index (χ3n) is 7.91. The van der Waals surface area contributed by atoms with E-state index in [4.69, 9.17) is 4.74 Å². The van der Waals surface area contributed by atoms with Crippen LogP contribution in [0.25, 0.3) is 11.1 Å². The summed E-state index contributed by atoms with van der Waals surface area (Å²) in [4.78, 5) is 53.5. The van der Waals surface area contributed by atoms with Crippen LogP contribution in [0.15, 0.2) is 72.8 Å². The Morgan fingerprint density at radius 1 is 0.841 bits per heavy atom. The third-order valence-corrected chi connectivity index (χ3v) is 7.91. The van der Waals surface area contributed by atoms with Gasteiger partial charge in [0.25, 0.3) is 0 Å². The van der Waals surface area contributed by atoms with Crippen LogP contribution in [0.4, 0.5) is 10.5 Å². The molecular formula is C34H39N5O5. The van der Waals surface area contributed by atoms with Crippen LogP contribution in [0.3, 0.4) is 0 Å². The molecule has 0 spiro atoms. The zero-order chi connectivity index (χ0) is 31.1. The van der Waals surface area contributed by atoms with Crippen molar-refractivity contribution in [1.29, 1.82) is 0 Å². The van der Waals surface area contributed by atoms with Gasteiger partial charge in [0.2, 0.25) is 11.8 Å². The third kappa shape index (κ3) is 7.82. The second-order valence-electron chi connectivity index (χ2n) is 11.8. The number of aryl methyl sites for hydroxylation is 1. The van der Waals surface area contributed by atoms with Gasteiger partial charge in [0.05, 0.1) is 6.54 Å². The lowest BCUT2D eigenvalue weighted by Gasteiger charge is -2.29. The number of benzene rings is 3. The number of anilines is 1. The zero-order valence-electron chi connectivity index (χ0n) is 25.2. The highest BCUT2D eigenvalue weighted by molar-refractivity contribution is 6.00. The van der Waals surface area contributed by atoms with E-state index in [2.05, 4.69) is 21.3 Å². The summed E-state index contributed by atoms with van der Waals surface area (Å²) in [6.07, 6.45) is 1.29. The lowest BCUT2D eigenvalue weighted by Crippen LogP contribution is -2.51. The molecule has 3 aliphatic rings. The van der Waals surface area contributed by atoms with Crippen molar-refractivity contribution in [1.82, 2.24) is 21.3 Å². The average molecular weight is 598 g/mol. The number of hydrogen-bond acceptors (Lipinski definition) is 6. The van der Waals surface area contributed by atoms with Gasteiger partial charge in [-0.1, -0.05) is 66.7 Å². The van der Waals surface area contributed by atoms with Crippen molar-refractivity contribution in [3.63, 3.8) is 0 Å². The molecule has 230 valence electrons. The van der Waals surface area contributed by atoms with Crippen molar-refractivity contribution in [2.45, 2.75) is 57.8 Å². The molecule has 0 radical (unpaired) electrons. The van der Waals surface area contributed by atoms with Gasteiger partial charge < -0.3 is 30.9 Å². The van der Waals surface area contributed by atoms with Gasteiger partial charge in [0.1, 0.15) is 19.2 Å². The molecule has 0 saturated carbocycles. The summed E-state index contributed by atoms with van der Waals surface area (Å²) >= 11 is 0. The van der Waals surface area contributed by atoms with E-state index >= 15 is 0 Å². The summed E-state index contributed by atoms with van der Waals surface area (Å²) in [6.45, 7) is 4.51. The van der Waals surface area contributed by atoms with Gasteiger partial charge in [-0.3, -0.25) is 14.4 Å². The minimum Gasteiger partial charge on any atom is -0.463 e. The SMILES string of the molecule is CC1(C)CC(=O)N[C@@H]2CCc3ccccc3N(Cc3ccc(cc3)-c3ccccc3CNC(=O)NCC(=O)OCCN1)C2=O. The molecule has 0 unspecified atom stereocenters. The number of nitrogens with one attached hydrogen (secondary N) is 4. The summed E-state index contributed by atoms with van der Waals surface area (Å²) in [7, 11) is 0. The summed E-state index contributed by atoms with van der Waals surface area (Å²) in [5, 5.41) is 11.6. The first-order valence-electron chi connectivity index (χ1n) is 15.0. The van der Waals surface area contributed by atoms with E-state index in [0.717, 1.165) is 33.5 Å². The Morgan fingerprint density at radius 3 is 2.34 bits per heavy atom. The van der Waals surface area contributed by atoms with E-state index in [0.29, 0.717) is 25.9 Å². The number of rotatable bonds is 0. The van der Waals surface area contributed by atoms with Gasteiger partial charge in [0, 0.05) is 30.7 Å². The molecule has 0 aliphatic carbocycles. The predicted octanol–water partition coefficient (Wildman–Crippen LogP) is 3.43. The van der Waals surface area contributed by atoms with E-state index in [-0.39, 0.29) is 37.9 Å². The Bertz CT molecular complexity index is 1520. The largest absolute Gasteiger partial charge is 0.463 e.